The second-order valence-corrected chi connectivity index (χ2v) is 13.9. The largest absolute Gasteiger partial charge is 0.472 e. The molecular formula is C33H67NO5P+. The topological polar surface area (TPSA) is 77.3 Å². The molecule has 0 aromatic heterocycles. The predicted molar refractivity (Wildman–Crippen MR) is 168 cm³/mol. The number of likely N-dealkylation sites (tertiary alicyclic amines) is 1. The average molecular weight is 589 g/mol. The maximum Gasteiger partial charge on any atom is 0.472 e. The molecule has 40 heavy (non-hydrogen) atoms. The smallest absolute Gasteiger partial charge is 0.335 e. The van der Waals surface area contributed by atoms with Crippen LogP contribution in [0.1, 0.15) is 168 Å². The van der Waals surface area contributed by atoms with Gasteiger partial charge in [-0.05, 0) is 31.6 Å². The molecule has 2 atom stereocenters. The third-order valence-electron chi connectivity index (χ3n) is 8.47. The van der Waals surface area contributed by atoms with Gasteiger partial charge in [0.15, 0.2) is 0 Å². The van der Waals surface area contributed by atoms with Crippen molar-refractivity contribution in [1.29, 1.82) is 0 Å². The highest BCUT2D eigenvalue weighted by Gasteiger charge is 2.24. The van der Waals surface area contributed by atoms with Crippen molar-refractivity contribution in [3.05, 3.63) is 0 Å². The molecule has 1 aliphatic rings. The van der Waals surface area contributed by atoms with E-state index in [9.17, 15) is 14.3 Å². The summed E-state index contributed by atoms with van der Waals surface area (Å²) in [5.41, 5.74) is 0. The van der Waals surface area contributed by atoms with E-state index >= 15 is 0 Å². The minimum Gasteiger partial charge on any atom is -0.335 e. The number of Topliss-reactive ketones (excluding diaryl/α,β-unsaturated/α-hetero) is 1. The highest BCUT2D eigenvalue weighted by Crippen LogP contribution is 2.44. The van der Waals surface area contributed by atoms with E-state index < -0.39 is 7.82 Å². The minimum atomic E-state index is -4.06. The van der Waals surface area contributed by atoms with Crippen LogP contribution in [-0.4, -0.2) is 43.5 Å². The zero-order chi connectivity index (χ0) is 29.2. The first-order valence-electron chi connectivity index (χ1n) is 17.4. The van der Waals surface area contributed by atoms with E-state index in [1.54, 1.807) is 4.90 Å². The van der Waals surface area contributed by atoms with Gasteiger partial charge in [0.05, 0.1) is 32.8 Å². The lowest BCUT2D eigenvalue weighted by Crippen LogP contribution is -3.09. The van der Waals surface area contributed by atoms with Crippen LogP contribution in [0, 0.1) is 5.92 Å². The SMILES string of the molecule is CCCCCCCCCCCCCCCCCCC(COP(=O)(O)OCCCC[NH+]1CCCC1)CC(=O)CCC. The van der Waals surface area contributed by atoms with E-state index in [0.29, 0.717) is 12.8 Å². The summed E-state index contributed by atoms with van der Waals surface area (Å²) in [6, 6.07) is 0. The van der Waals surface area contributed by atoms with Crippen molar-refractivity contribution in [2.24, 2.45) is 5.92 Å². The second-order valence-electron chi connectivity index (χ2n) is 12.5. The molecule has 0 aliphatic carbocycles. The Hall–Kier alpha value is -0.260. The summed E-state index contributed by atoms with van der Waals surface area (Å²) < 4.78 is 23.0. The van der Waals surface area contributed by atoms with Gasteiger partial charge in [0.1, 0.15) is 5.78 Å². The molecule has 1 rings (SSSR count). The maximum absolute atomic E-state index is 12.4. The van der Waals surface area contributed by atoms with E-state index in [1.165, 1.54) is 116 Å². The van der Waals surface area contributed by atoms with Crippen molar-refractivity contribution in [3.8, 4) is 0 Å². The predicted octanol–water partition coefficient (Wildman–Crippen LogP) is 8.61. The molecule has 0 bridgehead atoms. The molecule has 0 aromatic rings. The first-order valence-corrected chi connectivity index (χ1v) is 18.9. The number of nitrogens with one attached hydrogen (secondary N) is 1. The third-order valence-corrected chi connectivity index (χ3v) is 9.46. The second kappa shape index (κ2) is 26.4. The molecule has 1 heterocycles. The summed E-state index contributed by atoms with van der Waals surface area (Å²) in [7, 11) is -4.06. The monoisotopic (exact) mass is 588 g/mol. The molecule has 1 saturated heterocycles. The Labute approximate surface area is 248 Å². The third kappa shape index (κ3) is 23.3. The molecule has 1 fully saturated rings. The number of unbranched alkanes of at least 4 members (excludes halogenated alkanes) is 16. The molecule has 1 aliphatic heterocycles. The zero-order valence-corrected chi connectivity index (χ0v) is 27.5. The van der Waals surface area contributed by atoms with Crippen LogP contribution in [0.15, 0.2) is 0 Å². The molecule has 0 amide bonds. The Morgan fingerprint density at radius 2 is 1.25 bits per heavy atom. The standard InChI is InChI=1S/C33H66NO5P/c1-3-5-6-7-8-9-10-11-12-13-14-15-16-17-18-19-25-32(30-33(35)24-4-2)31-39-40(36,37)38-29-23-22-28-34-26-20-21-27-34/h32H,3-31H2,1-2H3,(H,36,37)/p+1. The molecule has 0 saturated carbocycles. The Kier molecular flexibility index (Phi) is 24.9. The van der Waals surface area contributed by atoms with Crippen molar-refractivity contribution in [3.63, 3.8) is 0 Å². The number of hydrogen-bond acceptors (Lipinski definition) is 4. The maximum atomic E-state index is 12.4. The van der Waals surface area contributed by atoms with Gasteiger partial charge in [-0.25, -0.2) is 4.57 Å². The van der Waals surface area contributed by atoms with Gasteiger partial charge in [-0.15, -0.1) is 0 Å². The van der Waals surface area contributed by atoms with Crippen molar-refractivity contribution >= 4 is 13.6 Å². The van der Waals surface area contributed by atoms with Crippen LogP contribution < -0.4 is 4.90 Å². The zero-order valence-electron chi connectivity index (χ0n) is 26.6. The van der Waals surface area contributed by atoms with Gasteiger partial charge in [0.2, 0.25) is 0 Å². The van der Waals surface area contributed by atoms with Crippen LogP contribution in [0.25, 0.3) is 0 Å². The number of rotatable bonds is 30. The average Bonchev–Trinajstić information content (AvgIpc) is 3.45. The van der Waals surface area contributed by atoms with E-state index in [4.69, 9.17) is 9.05 Å². The first-order chi connectivity index (χ1) is 19.5. The summed E-state index contributed by atoms with van der Waals surface area (Å²) in [6.45, 7) is 8.28. The Bertz CT molecular complexity index is 626. The first kappa shape index (κ1) is 37.8. The fourth-order valence-electron chi connectivity index (χ4n) is 5.95. The lowest BCUT2D eigenvalue weighted by Gasteiger charge is -2.19. The van der Waals surface area contributed by atoms with Gasteiger partial charge in [-0.2, -0.15) is 0 Å². The van der Waals surface area contributed by atoms with Gasteiger partial charge < -0.3 is 9.79 Å². The molecule has 2 unspecified atom stereocenters. The fraction of sp³-hybridized carbons (Fsp3) is 0.970. The highest BCUT2D eigenvalue weighted by molar-refractivity contribution is 7.47. The van der Waals surface area contributed by atoms with Gasteiger partial charge >= 0.3 is 7.82 Å². The van der Waals surface area contributed by atoms with E-state index in [-0.39, 0.29) is 24.9 Å². The van der Waals surface area contributed by atoms with Crippen LogP contribution in [0.2, 0.25) is 0 Å². The molecule has 0 radical (unpaired) electrons. The molecule has 0 aromatic carbocycles. The summed E-state index contributed by atoms with van der Waals surface area (Å²) in [6.07, 6.45) is 28.5. The Morgan fingerprint density at radius 1 is 0.725 bits per heavy atom. The van der Waals surface area contributed by atoms with Crippen molar-refractivity contribution < 1.29 is 28.2 Å². The van der Waals surface area contributed by atoms with Gasteiger partial charge in [0, 0.05) is 25.7 Å². The van der Waals surface area contributed by atoms with E-state index in [0.717, 1.165) is 45.1 Å². The lowest BCUT2D eigenvalue weighted by molar-refractivity contribution is -0.887. The van der Waals surface area contributed by atoms with Crippen LogP contribution in [0.5, 0.6) is 0 Å². The van der Waals surface area contributed by atoms with Crippen molar-refractivity contribution in [1.82, 2.24) is 0 Å². The quantitative estimate of drug-likeness (QED) is 0.0649. The Morgan fingerprint density at radius 3 is 1.77 bits per heavy atom. The molecule has 238 valence electrons. The van der Waals surface area contributed by atoms with E-state index in [2.05, 4.69) is 6.92 Å². The van der Waals surface area contributed by atoms with Crippen LogP contribution in [-0.2, 0) is 18.4 Å². The number of quaternary nitrogens is 1. The van der Waals surface area contributed by atoms with Crippen LogP contribution in [0.4, 0.5) is 0 Å². The number of ketones is 1. The number of hydrogen-bond donors (Lipinski definition) is 2. The van der Waals surface area contributed by atoms with Gasteiger partial charge in [-0.3, -0.25) is 13.8 Å². The fourth-order valence-corrected chi connectivity index (χ4v) is 6.78. The van der Waals surface area contributed by atoms with E-state index in [1.807, 2.05) is 6.92 Å². The minimum absolute atomic E-state index is 0.00598. The van der Waals surface area contributed by atoms with Crippen LogP contribution >= 0.6 is 7.82 Å². The number of carbonyl (C=O) groups is 1. The van der Waals surface area contributed by atoms with Gasteiger partial charge in [-0.1, -0.05) is 117 Å². The number of phosphoric ester groups is 1. The number of carbonyl (C=O) groups excluding carboxylic acids is 1. The normalized spacial score (nSPS) is 16.4. The lowest BCUT2D eigenvalue weighted by atomic mass is 9.94. The summed E-state index contributed by atoms with van der Waals surface area (Å²) >= 11 is 0. The molecule has 7 heteroatoms. The van der Waals surface area contributed by atoms with Crippen molar-refractivity contribution in [2.45, 2.75) is 168 Å². The van der Waals surface area contributed by atoms with Crippen molar-refractivity contribution in [2.75, 3.05) is 32.8 Å². The Balaban J connectivity index is 2.09. The number of phosphoric acid groups is 1. The summed E-state index contributed by atoms with van der Waals surface area (Å²) in [5, 5.41) is 0. The summed E-state index contributed by atoms with van der Waals surface area (Å²) in [5.74, 6) is 0.222. The van der Waals surface area contributed by atoms with Crippen LogP contribution in [0.3, 0.4) is 0 Å². The molecular weight excluding hydrogens is 521 g/mol. The molecule has 2 N–H and O–H groups in total. The highest BCUT2D eigenvalue weighted by atomic mass is 31.2. The van der Waals surface area contributed by atoms with Gasteiger partial charge in [0.25, 0.3) is 0 Å². The summed E-state index contributed by atoms with van der Waals surface area (Å²) in [4.78, 5) is 24.1. The molecule has 0 spiro atoms. The molecule has 6 nitrogen and oxygen atoms in total.